The molecule has 3 aromatic rings. The highest BCUT2D eigenvalue weighted by atomic mass is 16.6. The molecule has 0 spiro atoms. The number of ether oxygens (including phenoxy) is 2. The normalized spacial score (nSPS) is 16.4. The standard InChI is InChI=1S/C26H32N4O4/c27-26(31)30(25-18-20-6-1-2-7-22(20)34-25)13-4-3-10-28-11-5-12-29(15-14-28)21-8-9-23-24(19-21)33-17-16-32-23/h1-2,6-9,18-19H,3-5,10-17H2,(H2,27,31). The zero-order chi connectivity index (χ0) is 23.3. The Hall–Kier alpha value is -3.39. The summed E-state index contributed by atoms with van der Waals surface area (Å²) in [6.07, 6.45) is 2.97. The lowest BCUT2D eigenvalue weighted by molar-refractivity contribution is 0.171. The number of carbonyl (C=O) groups excluding carboxylic acids is 1. The second-order valence-electron chi connectivity index (χ2n) is 8.83. The Bertz CT molecular complexity index is 1100. The molecule has 1 saturated heterocycles. The highest BCUT2D eigenvalue weighted by Crippen LogP contribution is 2.34. The molecule has 3 heterocycles. The molecule has 34 heavy (non-hydrogen) atoms. The van der Waals surface area contributed by atoms with Gasteiger partial charge in [-0.15, -0.1) is 0 Å². The molecule has 0 aliphatic carbocycles. The minimum Gasteiger partial charge on any atom is -0.486 e. The number of furan rings is 1. The fourth-order valence-electron chi connectivity index (χ4n) is 4.72. The van der Waals surface area contributed by atoms with E-state index in [4.69, 9.17) is 19.6 Å². The van der Waals surface area contributed by atoms with Gasteiger partial charge in [-0.3, -0.25) is 4.90 Å². The summed E-state index contributed by atoms with van der Waals surface area (Å²) >= 11 is 0. The maximum absolute atomic E-state index is 12.0. The summed E-state index contributed by atoms with van der Waals surface area (Å²) in [6, 6.07) is 15.4. The molecule has 8 nitrogen and oxygen atoms in total. The summed E-state index contributed by atoms with van der Waals surface area (Å²) in [4.78, 5) is 18.5. The van der Waals surface area contributed by atoms with Crippen LogP contribution in [-0.4, -0.2) is 63.4 Å². The van der Waals surface area contributed by atoms with Crippen LogP contribution in [0.5, 0.6) is 11.5 Å². The predicted octanol–water partition coefficient (Wildman–Crippen LogP) is 4.08. The Morgan fingerprint density at radius 3 is 2.65 bits per heavy atom. The Labute approximate surface area is 199 Å². The van der Waals surface area contributed by atoms with Crippen LogP contribution in [0.25, 0.3) is 11.0 Å². The fraction of sp³-hybridized carbons (Fsp3) is 0.423. The third kappa shape index (κ3) is 5.07. The third-order valence-electron chi connectivity index (χ3n) is 6.53. The van der Waals surface area contributed by atoms with Crippen LogP contribution in [0.3, 0.4) is 0 Å². The molecule has 1 fully saturated rings. The smallest absolute Gasteiger partial charge is 0.321 e. The molecule has 8 heteroatoms. The van der Waals surface area contributed by atoms with E-state index in [0.29, 0.717) is 25.6 Å². The Morgan fingerprint density at radius 2 is 1.79 bits per heavy atom. The van der Waals surface area contributed by atoms with Crippen LogP contribution in [-0.2, 0) is 0 Å². The van der Waals surface area contributed by atoms with Crippen LogP contribution < -0.4 is 25.0 Å². The Morgan fingerprint density at radius 1 is 0.941 bits per heavy atom. The summed E-state index contributed by atoms with van der Waals surface area (Å²) in [6.45, 7) is 6.85. The van der Waals surface area contributed by atoms with Crippen LogP contribution >= 0.6 is 0 Å². The number of rotatable bonds is 7. The first-order valence-corrected chi connectivity index (χ1v) is 12.1. The van der Waals surface area contributed by atoms with Gasteiger partial charge in [0.25, 0.3) is 0 Å². The van der Waals surface area contributed by atoms with Crippen molar-refractivity contribution >= 4 is 28.6 Å². The summed E-state index contributed by atoms with van der Waals surface area (Å²) in [7, 11) is 0. The van der Waals surface area contributed by atoms with Crippen molar-refractivity contribution < 1.29 is 18.7 Å². The molecule has 2 aliphatic rings. The molecule has 0 unspecified atom stereocenters. The average Bonchev–Trinajstić information content (AvgIpc) is 3.14. The van der Waals surface area contributed by atoms with Gasteiger partial charge < -0.3 is 29.4 Å². The van der Waals surface area contributed by atoms with E-state index in [1.807, 2.05) is 36.4 Å². The molecule has 0 radical (unpaired) electrons. The molecule has 1 aromatic heterocycles. The maximum atomic E-state index is 12.0. The summed E-state index contributed by atoms with van der Waals surface area (Å²) in [5, 5.41) is 0.968. The number of carbonyl (C=O) groups is 1. The molecule has 0 atom stereocenters. The number of fused-ring (bicyclic) bond motifs is 2. The van der Waals surface area contributed by atoms with Crippen molar-refractivity contribution in [3.63, 3.8) is 0 Å². The minimum absolute atomic E-state index is 0.483. The largest absolute Gasteiger partial charge is 0.486 e. The second kappa shape index (κ2) is 10.3. The van der Waals surface area contributed by atoms with E-state index in [1.165, 1.54) is 10.6 Å². The molecule has 2 aliphatic heterocycles. The molecule has 0 bridgehead atoms. The van der Waals surface area contributed by atoms with Crippen molar-refractivity contribution in [2.45, 2.75) is 19.3 Å². The molecule has 0 saturated carbocycles. The quantitative estimate of drug-likeness (QED) is 0.531. The van der Waals surface area contributed by atoms with Crippen LogP contribution in [0.4, 0.5) is 16.4 Å². The monoisotopic (exact) mass is 464 g/mol. The lowest BCUT2D eigenvalue weighted by atomic mass is 10.2. The van der Waals surface area contributed by atoms with Gasteiger partial charge >= 0.3 is 6.03 Å². The van der Waals surface area contributed by atoms with E-state index >= 15 is 0 Å². The first kappa shape index (κ1) is 22.4. The predicted molar refractivity (Wildman–Crippen MR) is 133 cm³/mol. The number of nitrogens with two attached hydrogens (primary N) is 1. The summed E-state index contributed by atoms with van der Waals surface area (Å²) < 4.78 is 17.2. The van der Waals surface area contributed by atoms with E-state index in [1.54, 1.807) is 0 Å². The van der Waals surface area contributed by atoms with Crippen LogP contribution in [0.15, 0.2) is 52.9 Å². The number of anilines is 2. The molecule has 5 rings (SSSR count). The minimum atomic E-state index is -0.483. The highest BCUT2D eigenvalue weighted by molar-refractivity contribution is 5.92. The van der Waals surface area contributed by atoms with Crippen LogP contribution in [0.1, 0.15) is 19.3 Å². The van der Waals surface area contributed by atoms with E-state index in [0.717, 1.165) is 74.5 Å². The number of hydrogen-bond acceptors (Lipinski definition) is 6. The van der Waals surface area contributed by atoms with Gasteiger partial charge in [0.15, 0.2) is 11.5 Å². The van der Waals surface area contributed by atoms with Crippen molar-refractivity contribution in [2.75, 3.05) is 62.3 Å². The number of primary amides is 1. The maximum Gasteiger partial charge on any atom is 0.321 e. The fourth-order valence-corrected chi connectivity index (χ4v) is 4.72. The highest BCUT2D eigenvalue weighted by Gasteiger charge is 2.20. The lowest BCUT2D eigenvalue weighted by Crippen LogP contribution is -2.37. The number of nitrogens with zero attached hydrogens (tertiary/aromatic N) is 3. The van der Waals surface area contributed by atoms with Crippen molar-refractivity contribution in [1.82, 2.24) is 4.90 Å². The molecular weight excluding hydrogens is 432 g/mol. The Balaban J connectivity index is 1.11. The molecule has 2 amide bonds. The van der Waals surface area contributed by atoms with Gasteiger partial charge in [-0.2, -0.15) is 0 Å². The van der Waals surface area contributed by atoms with Crippen LogP contribution in [0, 0.1) is 0 Å². The third-order valence-corrected chi connectivity index (χ3v) is 6.53. The number of benzene rings is 2. The Kier molecular flexibility index (Phi) is 6.76. The zero-order valence-electron chi connectivity index (χ0n) is 19.4. The van der Waals surface area contributed by atoms with Crippen molar-refractivity contribution in [1.29, 1.82) is 0 Å². The first-order chi connectivity index (χ1) is 16.7. The van der Waals surface area contributed by atoms with Gasteiger partial charge in [-0.1, -0.05) is 18.2 Å². The van der Waals surface area contributed by atoms with E-state index < -0.39 is 6.03 Å². The first-order valence-electron chi connectivity index (χ1n) is 12.1. The number of para-hydroxylation sites is 1. The van der Waals surface area contributed by atoms with E-state index in [9.17, 15) is 4.79 Å². The average molecular weight is 465 g/mol. The van der Waals surface area contributed by atoms with Gasteiger partial charge in [0.2, 0.25) is 5.88 Å². The van der Waals surface area contributed by atoms with Crippen LogP contribution in [0.2, 0.25) is 0 Å². The van der Waals surface area contributed by atoms with Gasteiger partial charge in [0.1, 0.15) is 18.8 Å². The zero-order valence-corrected chi connectivity index (χ0v) is 19.4. The van der Waals surface area contributed by atoms with Crippen molar-refractivity contribution in [3.05, 3.63) is 48.5 Å². The number of hydrogen-bond donors (Lipinski definition) is 1. The number of urea groups is 1. The van der Waals surface area contributed by atoms with Crippen molar-refractivity contribution in [3.8, 4) is 11.5 Å². The van der Waals surface area contributed by atoms with E-state index in [2.05, 4.69) is 21.9 Å². The van der Waals surface area contributed by atoms with Crippen molar-refractivity contribution in [2.24, 2.45) is 5.73 Å². The number of unbranched alkanes of at least 4 members (excludes halogenated alkanes) is 1. The summed E-state index contributed by atoms with van der Waals surface area (Å²) in [5.74, 6) is 2.19. The summed E-state index contributed by atoms with van der Waals surface area (Å²) in [5.41, 5.74) is 7.59. The molecule has 2 N–H and O–H groups in total. The van der Waals surface area contributed by atoms with Gasteiger partial charge in [0.05, 0.1) is 0 Å². The number of amides is 2. The molecule has 180 valence electrons. The SMILES string of the molecule is NC(=O)N(CCCCN1CCCN(c2ccc3c(c2)OCCO3)CC1)c1cc2ccccc2o1. The topological polar surface area (TPSA) is 84.4 Å². The van der Waals surface area contributed by atoms with Gasteiger partial charge in [-0.25, -0.2) is 4.79 Å². The van der Waals surface area contributed by atoms with Gasteiger partial charge in [-0.05, 0) is 50.6 Å². The van der Waals surface area contributed by atoms with Gasteiger partial charge in [0, 0.05) is 49.4 Å². The van der Waals surface area contributed by atoms with E-state index in [-0.39, 0.29) is 0 Å². The lowest BCUT2D eigenvalue weighted by Gasteiger charge is -2.26. The molecular formula is C26H32N4O4. The second-order valence-corrected chi connectivity index (χ2v) is 8.83. The molecule has 2 aromatic carbocycles.